The monoisotopic (exact) mass is 340 g/mol. The highest BCUT2D eigenvalue weighted by atomic mass is 28.4. The van der Waals surface area contributed by atoms with Gasteiger partial charge in [-0.15, -0.1) is 0 Å². The molecule has 0 radical (unpaired) electrons. The summed E-state index contributed by atoms with van der Waals surface area (Å²) in [5.41, 5.74) is 1.97. The molecule has 0 aromatic heterocycles. The first-order valence-corrected chi connectivity index (χ1v) is 11.1. The first-order chi connectivity index (χ1) is 10.6. The van der Waals surface area contributed by atoms with Crippen LogP contribution in [0.3, 0.4) is 0 Å². The number of methoxy groups -OCH3 is 2. The number of carbonyl (C=O) groups is 1. The van der Waals surface area contributed by atoms with Crippen LogP contribution in [0.2, 0.25) is 18.1 Å². The Labute approximate surface area is 142 Å². The van der Waals surface area contributed by atoms with Gasteiger partial charge >= 0.3 is 5.97 Å². The molecular weight excluding hydrogens is 308 g/mol. The zero-order valence-corrected chi connectivity index (χ0v) is 16.7. The molecule has 1 aliphatic carbocycles. The number of esters is 1. The van der Waals surface area contributed by atoms with Gasteiger partial charge in [0.05, 0.1) is 20.3 Å². The van der Waals surface area contributed by atoms with Gasteiger partial charge in [0, 0.05) is 18.6 Å². The van der Waals surface area contributed by atoms with Crippen molar-refractivity contribution in [3.63, 3.8) is 0 Å². The molecule has 1 unspecified atom stereocenters. The van der Waals surface area contributed by atoms with Crippen LogP contribution in [-0.2, 0) is 18.7 Å². The molecule has 1 rings (SSSR count). The summed E-state index contributed by atoms with van der Waals surface area (Å²) in [4.78, 5) is 11.8. The Hall–Kier alpha value is -0.913. The molecule has 132 valence electrons. The Balaban J connectivity index is 2.80. The van der Waals surface area contributed by atoms with Crippen LogP contribution >= 0.6 is 0 Å². The van der Waals surface area contributed by atoms with Crippen molar-refractivity contribution in [1.82, 2.24) is 0 Å². The summed E-state index contributed by atoms with van der Waals surface area (Å²) in [6.45, 7) is 12.4. The topological polar surface area (TPSA) is 44.8 Å². The van der Waals surface area contributed by atoms with E-state index in [-0.39, 0.29) is 16.9 Å². The Morgan fingerprint density at radius 3 is 2.39 bits per heavy atom. The Morgan fingerprint density at radius 1 is 1.22 bits per heavy atom. The van der Waals surface area contributed by atoms with E-state index >= 15 is 0 Å². The third-order valence-electron chi connectivity index (χ3n) is 4.81. The molecule has 0 saturated carbocycles. The van der Waals surface area contributed by atoms with E-state index in [1.807, 2.05) is 6.08 Å². The largest absolute Gasteiger partial charge is 0.466 e. The lowest BCUT2D eigenvalue weighted by atomic mass is 10.1. The number of ether oxygens (including phenoxy) is 2. The highest BCUT2D eigenvalue weighted by Crippen LogP contribution is 2.37. The molecule has 1 atom stereocenters. The van der Waals surface area contributed by atoms with Crippen LogP contribution in [0.25, 0.3) is 0 Å². The normalized spacial score (nSPS) is 19.7. The third kappa shape index (κ3) is 5.90. The molecule has 0 heterocycles. The first-order valence-electron chi connectivity index (χ1n) is 8.22. The molecule has 0 N–H and O–H groups in total. The molecule has 0 spiro atoms. The van der Waals surface area contributed by atoms with Gasteiger partial charge in [-0.2, -0.15) is 0 Å². The Kier molecular flexibility index (Phi) is 7.23. The standard InChI is InChI=1S/C18H32O4Si/c1-18(2,3)23(6,7)22-13-14-8-9-16(17(19)21-5)11-15(10-14)12-20-4/h10-11,15H,8-9,12-13H2,1-7H3. The van der Waals surface area contributed by atoms with E-state index in [0.717, 1.165) is 12.0 Å². The van der Waals surface area contributed by atoms with Crippen molar-refractivity contribution in [3.8, 4) is 0 Å². The molecular formula is C18H32O4Si. The quantitative estimate of drug-likeness (QED) is 0.415. The summed E-state index contributed by atoms with van der Waals surface area (Å²) < 4.78 is 16.5. The van der Waals surface area contributed by atoms with Gasteiger partial charge in [0.1, 0.15) is 0 Å². The fourth-order valence-electron chi connectivity index (χ4n) is 2.27. The van der Waals surface area contributed by atoms with Crippen LogP contribution in [0.1, 0.15) is 33.6 Å². The lowest BCUT2D eigenvalue weighted by molar-refractivity contribution is -0.136. The van der Waals surface area contributed by atoms with Gasteiger partial charge < -0.3 is 13.9 Å². The lowest BCUT2D eigenvalue weighted by Gasteiger charge is -2.36. The van der Waals surface area contributed by atoms with Gasteiger partial charge in [-0.1, -0.05) is 32.9 Å². The second-order valence-corrected chi connectivity index (χ2v) is 12.5. The van der Waals surface area contributed by atoms with Crippen LogP contribution in [0.15, 0.2) is 23.3 Å². The van der Waals surface area contributed by atoms with Gasteiger partial charge in [0.25, 0.3) is 0 Å². The van der Waals surface area contributed by atoms with Gasteiger partial charge in [-0.05, 0) is 36.5 Å². The summed E-state index contributed by atoms with van der Waals surface area (Å²) in [5.74, 6) is -0.152. The Bertz CT molecular complexity index is 472. The maximum atomic E-state index is 11.8. The maximum absolute atomic E-state index is 11.8. The van der Waals surface area contributed by atoms with Crippen LogP contribution in [0, 0.1) is 5.92 Å². The summed E-state index contributed by atoms with van der Waals surface area (Å²) in [7, 11) is 1.33. The van der Waals surface area contributed by atoms with Gasteiger partial charge in [-0.3, -0.25) is 0 Å². The van der Waals surface area contributed by atoms with E-state index in [1.165, 1.54) is 12.7 Å². The zero-order chi connectivity index (χ0) is 17.7. The van der Waals surface area contributed by atoms with Crippen molar-refractivity contribution in [3.05, 3.63) is 23.3 Å². The van der Waals surface area contributed by atoms with Crippen molar-refractivity contribution in [2.45, 2.75) is 51.7 Å². The molecule has 0 aromatic rings. The SMILES string of the molecule is COCC1C=C(CO[Si](C)(C)C(C)(C)C)CCC(C(=O)OC)=C1. The Morgan fingerprint density at radius 2 is 1.87 bits per heavy atom. The number of carbonyl (C=O) groups excluding carboxylic acids is 1. The second-order valence-electron chi connectivity index (χ2n) is 7.68. The van der Waals surface area contributed by atoms with Crippen LogP contribution < -0.4 is 0 Å². The van der Waals surface area contributed by atoms with Crippen molar-refractivity contribution in [2.75, 3.05) is 27.4 Å². The van der Waals surface area contributed by atoms with Crippen molar-refractivity contribution < 1.29 is 18.7 Å². The van der Waals surface area contributed by atoms with Crippen LogP contribution in [0.5, 0.6) is 0 Å². The van der Waals surface area contributed by atoms with E-state index in [1.54, 1.807) is 7.11 Å². The van der Waals surface area contributed by atoms with Gasteiger partial charge in [0.2, 0.25) is 0 Å². The second kappa shape index (κ2) is 8.26. The van der Waals surface area contributed by atoms with Crippen molar-refractivity contribution in [1.29, 1.82) is 0 Å². The van der Waals surface area contributed by atoms with Crippen molar-refractivity contribution in [2.24, 2.45) is 5.92 Å². The fraction of sp³-hybridized carbons (Fsp3) is 0.722. The fourth-order valence-corrected chi connectivity index (χ4v) is 3.25. The van der Waals surface area contributed by atoms with E-state index in [0.29, 0.717) is 19.6 Å². The predicted octanol–water partition coefficient (Wildman–Crippen LogP) is 4.09. The average Bonchev–Trinajstić information content (AvgIpc) is 2.66. The lowest BCUT2D eigenvalue weighted by Crippen LogP contribution is -2.41. The van der Waals surface area contributed by atoms with Gasteiger partial charge in [-0.25, -0.2) is 4.79 Å². The molecule has 0 saturated heterocycles. The third-order valence-corrected chi connectivity index (χ3v) is 9.29. The summed E-state index contributed by atoms with van der Waals surface area (Å²) >= 11 is 0. The van der Waals surface area contributed by atoms with Crippen LogP contribution in [-0.4, -0.2) is 41.7 Å². The molecule has 4 nitrogen and oxygen atoms in total. The summed E-state index contributed by atoms with van der Waals surface area (Å²) in [5, 5.41) is 0.194. The molecule has 0 amide bonds. The average molecular weight is 341 g/mol. The van der Waals surface area contributed by atoms with Crippen molar-refractivity contribution >= 4 is 14.3 Å². The smallest absolute Gasteiger partial charge is 0.333 e. The molecule has 0 aromatic carbocycles. The highest BCUT2D eigenvalue weighted by molar-refractivity contribution is 6.74. The summed E-state index contributed by atoms with van der Waals surface area (Å²) in [6, 6.07) is 0. The van der Waals surface area contributed by atoms with E-state index in [4.69, 9.17) is 13.9 Å². The highest BCUT2D eigenvalue weighted by Gasteiger charge is 2.37. The predicted molar refractivity (Wildman–Crippen MR) is 95.9 cm³/mol. The van der Waals surface area contributed by atoms with E-state index in [2.05, 4.69) is 39.9 Å². The molecule has 23 heavy (non-hydrogen) atoms. The molecule has 0 aliphatic heterocycles. The van der Waals surface area contributed by atoms with Crippen LogP contribution in [0.4, 0.5) is 0 Å². The number of hydrogen-bond donors (Lipinski definition) is 0. The minimum atomic E-state index is -1.77. The number of rotatable bonds is 6. The maximum Gasteiger partial charge on any atom is 0.333 e. The molecule has 0 bridgehead atoms. The van der Waals surface area contributed by atoms with E-state index in [9.17, 15) is 4.79 Å². The summed E-state index contributed by atoms with van der Waals surface area (Å²) in [6.07, 6.45) is 5.68. The first kappa shape index (κ1) is 20.1. The zero-order valence-electron chi connectivity index (χ0n) is 15.7. The number of hydrogen-bond acceptors (Lipinski definition) is 4. The molecule has 0 fully saturated rings. The van der Waals surface area contributed by atoms with Gasteiger partial charge in [0.15, 0.2) is 8.32 Å². The molecule has 5 heteroatoms. The molecule has 1 aliphatic rings. The minimum absolute atomic E-state index is 0.0922. The van der Waals surface area contributed by atoms with E-state index < -0.39 is 8.32 Å². The minimum Gasteiger partial charge on any atom is -0.466 e.